The highest BCUT2D eigenvalue weighted by atomic mass is 35.5. The minimum atomic E-state index is 0.320. The summed E-state index contributed by atoms with van der Waals surface area (Å²) >= 11 is 12.7. The molecule has 7 heteroatoms. The maximum absolute atomic E-state index is 6.45. The third kappa shape index (κ3) is 1.89. The number of hydrogen-bond acceptors (Lipinski definition) is 3. The molecule has 3 aromatic rings. The molecule has 0 spiro atoms. The molecule has 1 aliphatic heterocycles. The molecule has 1 aliphatic rings. The Morgan fingerprint density at radius 3 is 2.82 bits per heavy atom. The van der Waals surface area contributed by atoms with E-state index in [1.165, 1.54) is 11.3 Å². The average Bonchev–Trinajstić information content (AvgIpc) is 3.06. The molecule has 0 aliphatic carbocycles. The number of aromatic nitrogens is 4. The van der Waals surface area contributed by atoms with Gasteiger partial charge in [0.05, 0.1) is 5.52 Å². The summed E-state index contributed by atoms with van der Waals surface area (Å²) in [5.74, 6) is 0. The fourth-order valence-corrected chi connectivity index (χ4v) is 3.70. The second kappa shape index (κ2) is 4.98. The highest BCUT2D eigenvalue weighted by Crippen LogP contribution is 2.40. The van der Waals surface area contributed by atoms with E-state index < -0.39 is 0 Å². The Labute approximate surface area is 137 Å². The standard InChI is InChI=1S/C15H15Cl2N5/c1-21-6-4-9(20-21)13-11-8-7-18-5-3-10(8)22(2)14(11)12(16)15(17)19-13/h4,6,18H,3,5,7H2,1-2H3. The average molecular weight is 336 g/mol. The number of pyridine rings is 1. The van der Waals surface area contributed by atoms with Crippen LogP contribution in [0.5, 0.6) is 0 Å². The van der Waals surface area contributed by atoms with E-state index in [2.05, 4.69) is 20.0 Å². The molecule has 4 rings (SSSR count). The minimum absolute atomic E-state index is 0.320. The monoisotopic (exact) mass is 335 g/mol. The van der Waals surface area contributed by atoms with E-state index in [0.717, 1.165) is 41.8 Å². The molecule has 114 valence electrons. The van der Waals surface area contributed by atoms with Crippen molar-refractivity contribution < 1.29 is 0 Å². The number of aryl methyl sites for hydroxylation is 2. The number of rotatable bonds is 1. The first-order valence-electron chi connectivity index (χ1n) is 7.13. The van der Waals surface area contributed by atoms with Crippen molar-refractivity contribution in [1.29, 1.82) is 0 Å². The van der Waals surface area contributed by atoms with Crippen LogP contribution in [0.2, 0.25) is 10.2 Å². The number of fused-ring (bicyclic) bond motifs is 3. The summed E-state index contributed by atoms with van der Waals surface area (Å²) in [6.45, 7) is 1.78. The van der Waals surface area contributed by atoms with Crippen LogP contribution in [0, 0.1) is 0 Å². The lowest BCUT2D eigenvalue weighted by atomic mass is 10.0. The van der Waals surface area contributed by atoms with Gasteiger partial charge in [-0.2, -0.15) is 5.10 Å². The van der Waals surface area contributed by atoms with Crippen LogP contribution in [0.3, 0.4) is 0 Å². The van der Waals surface area contributed by atoms with E-state index in [4.69, 9.17) is 23.2 Å². The summed E-state index contributed by atoms with van der Waals surface area (Å²) in [7, 11) is 3.93. The number of nitrogens with zero attached hydrogens (tertiary/aromatic N) is 4. The van der Waals surface area contributed by atoms with Gasteiger partial charge in [0.1, 0.15) is 16.4 Å². The van der Waals surface area contributed by atoms with Crippen LogP contribution in [0.1, 0.15) is 11.3 Å². The van der Waals surface area contributed by atoms with E-state index >= 15 is 0 Å². The SMILES string of the molecule is Cn1ccc(-c2nc(Cl)c(Cl)c3c2c2c(n3C)CCNC2)n1. The van der Waals surface area contributed by atoms with Crippen molar-refractivity contribution in [3.63, 3.8) is 0 Å². The summed E-state index contributed by atoms with van der Waals surface area (Å²) in [4.78, 5) is 4.52. The van der Waals surface area contributed by atoms with Gasteiger partial charge in [-0.15, -0.1) is 0 Å². The molecule has 0 aromatic carbocycles. The summed E-state index contributed by atoms with van der Waals surface area (Å²) < 4.78 is 3.91. The van der Waals surface area contributed by atoms with E-state index in [9.17, 15) is 0 Å². The fraction of sp³-hybridized carbons (Fsp3) is 0.333. The maximum Gasteiger partial charge on any atom is 0.150 e. The zero-order valence-electron chi connectivity index (χ0n) is 12.3. The minimum Gasteiger partial charge on any atom is -0.346 e. The van der Waals surface area contributed by atoms with E-state index in [-0.39, 0.29) is 0 Å². The van der Waals surface area contributed by atoms with Gasteiger partial charge >= 0.3 is 0 Å². The normalized spacial score (nSPS) is 14.5. The largest absolute Gasteiger partial charge is 0.346 e. The van der Waals surface area contributed by atoms with Crippen molar-refractivity contribution in [3.05, 3.63) is 33.7 Å². The lowest BCUT2D eigenvalue weighted by molar-refractivity contribution is 0.622. The van der Waals surface area contributed by atoms with Crippen molar-refractivity contribution in [2.24, 2.45) is 14.1 Å². The first-order valence-corrected chi connectivity index (χ1v) is 7.89. The highest BCUT2D eigenvalue weighted by Gasteiger charge is 2.25. The summed E-state index contributed by atoms with van der Waals surface area (Å²) in [5.41, 5.74) is 5.08. The Kier molecular flexibility index (Phi) is 3.18. The van der Waals surface area contributed by atoms with Gasteiger partial charge in [-0.25, -0.2) is 4.98 Å². The molecule has 4 heterocycles. The molecule has 0 amide bonds. The number of nitrogens with one attached hydrogen (secondary N) is 1. The quantitative estimate of drug-likeness (QED) is 0.695. The van der Waals surface area contributed by atoms with Crippen LogP contribution >= 0.6 is 23.2 Å². The Morgan fingerprint density at radius 1 is 1.27 bits per heavy atom. The van der Waals surface area contributed by atoms with Crippen molar-refractivity contribution in [1.82, 2.24) is 24.6 Å². The van der Waals surface area contributed by atoms with Gasteiger partial charge in [0.15, 0.2) is 5.15 Å². The third-order valence-electron chi connectivity index (χ3n) is 4.26. The van der Waals surface area contributed by atoms with Gasteiger partial charge in [0.2, 0.25) is 0 Å². The Morgan fingerprint density at radius 2 is 2.09 bits per heavy atom. The molecular weight excluding hydrogens is 321 g/mol. The van der Waals surface area contributed by atoms with Gasteiger partial charge in [-0.05, 0) is 11.6 Å². The van der Waals surface area contributed by atoms with Crippen LogP contribution in [0.25, 0.3) is 22.3 Å². The predicted molar refractivity (Wildman–Crippen MR) is 88.3 cm³/mol. The Hall–Kier alpha value is -1.56. The smallest absolute Gasteiger partial charge is 0.150 e. The zero-order chi connectivity index (χ0) is 15.4. The van der Waals surface area contributed by atoms with Gasteiger partial charge < -0.3 is 9.88 Å². The molecule has 0 radical (unpaired) electrons. The second-order valence-corrected chi connectivity index (χ2v) is 6.31. The molecule has 0 unspecified atom stereocenters. The van der Waals surface area contributed by atoms with Gasteiger partial charge in [-0.3, -0.25) is 4.68 Å². The lowest BCUT2D eigenvalue weighted by Crippen LogP contribution is -2.24. The molecule has 0 atom stereocenters. The third-order valence-corrected chi connectivity index (χ3v) is 4.99. The topological polar surface area (TPSA) is 47.7 Å². The van der Waals surface area contributed by atoms with Gasteiger partial charge in [0.25, 0.3) is 0 Å². The van der Waals surface area contributed by atoms with Crippen molar-refractivity contribution >= 4 is 34.1 Å². The van der Waals surface area contributed by atoms with Crippen LogP contribution in [-0.2, 0) is 27.1 Å². The lowest BCUT2D eigenvalue weighted by Gasteiger charge is -2.14. The van der Waals surface area contributed by atoms with Crippen LogP contribution < -0.4 is 5.32 Å². The van der Waals surface area contributed by atoms with Gasteiger partial charge in [-0.1, -0.05) is 23.2 Å². The summed E-state index contributed by atoms with van der Waals surface area (Å²) in [6.07, 6.45) is 2.87. The van der Waals surface area contributed by atoms with Crippen LogP contribution in [0.15, 0.2) is 12.3 Å². The molecular formula is C15H15Cl2N5. The molecule has 5 nitrogen and oxygen atoms in total. The molecule has 0 bridgehead atoms. The molecule has 0 fully saturated rings. The van der Waals surface area contributed by atoms with Crippen molar-refractivity contribution in [2.45, 2.75) is 13.0 Å². The molecule has 3 aromatic heterocycles. The molecule has 22 heavy (non-hydrogen) atoms. The maximum atomic E-state index is 6.45. The van der Waals surface area contributed by atoms with Gasteiger partial charge in [0, 0.05) is 50.9 Å². The molecule has 1 N–H and O–H groups in total. The van der Waals surface area contributed by atoms with Crippen LogP contribution in [0.4, 0.5) is 0 Å². The second-order valence-electron chi connectivity index (χ2n) is 5.57. The van der Waals surface area contributed by atoms with Crippen molar-refractivity contribution in [3.8, 4) is 11.4 Å². The molecule has 0 saturated carbocycles. The highest BCUT2D eigenvalue weighted by molar-refractivity contribution is 6.44. The summed E-state index contributed by atoms with van der Waals surface area (Å²) in [6, 6.07) is 1.95. The van der Waals surface area contributed by atoms with E-state index in [1.54, 1.807) is 4.68 Å². The molecule has 0 saturated heterocycles. The zero-order valence-corrected chi connectivity index (χ0v) is 13.8. The Balaban J connectivity index is 2.15. The first kappa shape index (κ1) is 14.1. The first-order chi connectivity index (χ1) is 10.6. The van der Waals surface area contributed by atoms with Crippen LogP contribution in [-0.4, -0.2) is 25.9 Å². The van der Waals surface area contributed by atoms with Crippen molar-refractivity contribution in [2.75, 3.05) is 6.54 Å². The summed E-state index contributed by atoms with van der Waals surface area (Å²) in [5, 5.41) is 9.79. The van der Waals surface area contributed by atoms with E-state index in [0.29, 0.717) is 10.2 Å². The number of halogens is 2. The van der Waals surface area contributed by atoms with E-state index in [1.807, 2.05) is 26.4 Å². The number of hydrogen-bond donors (Lipinski definition) is 1. The Bertz CT molecular complexity index is 893. The predicted octanol–water partition coefficient (Wildman–Crippen LogP) is 2.93. The fourth-order valence-electron chi connectivity index (χ4n) is 3.26.